The molecule has 3 heterocycles. The van der Waals surface area contributed by atoms with Crippen molar-refractivity contribution in [3.05, 3.63) is 30.2 Å². The molecule has 0 radical (unpaired) electrons. The van der Waals surface area contributed by atoms with Crippen molar-refractivity contribution >= 4 is 12.0 Å². The lowest BCUT2D eigenvalue weighted by atomic mass is 9.84. The van der Waals surface area contributed by atoms with Crippen molar-refractivity contribution in [1.29, 1.82) is 0 Å². The summed E-state index contributed by atoms with van der Waals surface area (Å²) in [7, 11) is 0. The first-order valence-electron chi connectivity index (χ1n) is 7.95. The van der Waals surface area contributed by atoms with Crippen molar-refractivity contribution < 1.29 is 13.9 Å². The molecule has 2 aliphatic heterocycles. The topological polar surface area (TPSA) is 42.7 Å². The highest BCUT2D eigenvalue weighted by Crippen LogP contribution is 2.30. The van der Waals surface area contributed by atoms with E-state index in [1.807, 2.05) is 6.07 Å². The number of esters is 1. The van der Waals surface area contributed by atoms with Gasteiger partial charge in [0.15, 0.2) is 0 Å². The highest BCUT2D eigenvalue weighted by Gasteiger charge is 2.33. The summed E-state index contributed by atoms with van der Waals surface area (Å²) in [6.45, 7) is 2.98. The first-order chi connectivity index (χ1) is 10.3. The summed E-state index contributed by atoms with van der Waals surface area (Å²) in [6.07, 6.45) is 11.0. The molecule has 0 spiro atoms. The third-order valence-corrected chi connectivity index (χ3v) is 4.60. The molecule has 0 aliphatic carbocycles. The Bertz CT molecular complexity index is 478. The molecule has 2 aliphatic rings. The lowest BCUT2D eigenvalue weighted by molar-refractivity contribution is -0.140. The molecule has 4 heteroatoms. The zero-order valence-electron chi connectivity index (χ0n) is 12.4. The summed E-state index contributed by atoms with van der Waals surface area (Å²) in [5, 5.41) is 0. The number of carbonyl (C=O) groups is 1. The third-order valence-electron chi connectivity index (χ3n) is 4.60. The largest absolute Gasteiger partial charge is 0.465 e. The summed E-state index contributed by atoms with van der Waals surface area (Å²) >= 11 is 0. The van der Waals surface area contributed by atoms with Gasteiger partial charge in [-0.1, -0.05) is 6.42 Å². The maximum Gasteiger partial charge on any atom is 0.330 e. The van der Waals surface area contributed by atoms with Crippen molar-refractivity contribution in [2.45, 2.75) is 38.1 Å². The van der Waals surface area contributed by atoms with Gasteiger partial charge in [0.1, 0.15) is 5.76 Å². The van der Waals surface area contributed by atoms with Gasteiger partial charge in [-0.2, -0.15) is 0 Å². The Balaban J connectivity index is 1.48. The van der Waals surface area contributed by atoms with Crippen LogP contribution in [0.1, 0.15) is 37.9 Å². The van der Waals surface area contributed by atoms with Gasteiger partial charge in [0.2, 0.25) is 0 Å². The van der Waals surface area contributed by atoms with Crippen LogP contribution in [0.15, 0.2) is 28.9 Å². The monoisotopic (exact) mass is 289 g/mol. The number of hydrogen-bond donors (Lipinski definition) is 0. The van der Waals surface area contributed by atoms with Gasteiger partial charge in [0.25, 0.3) is 0 Å². The number of fused-ring (bicyclic) bond motifs is 1. The first kappa shape index (κ1) is 14.4. The van der Waals surface area contributed by atoms with E-state index in [4.69, 9.17) is 9.15 Å². The molecule has 114 valence electrons. The van der Waals surface area contributed by atoms with Gasteiger partial charge in [-0.25, -0.2) is 4.79 Å². The van der Waals surface area contributed by atoms with Gasteiger partial charge < -0.3 is 9.15 Å². The molecule has 0 bridgehead atoms. The number of carbonyl (C=O) groups excluding carboxylic acids is 1. The molecule has 2 saturated heterocycles. The van der Waals surface area contributed by atoms with Gasteiger partial charge in [0, 0.05) is 18.0 Å². The molecule has 1 aromatic heterocycles. The Hall–Kier alpha value is -1.55. The summed E-state index contributed by atoms with van der Waals surface area (Å²) < 4.78 is 10.6. The minimum Gasteiger partial charge on any atom is -0.465 e. The van der Waals surface area contributed by atoms with Crippen LogP contribution in [-0.2, 0) is 9.53 Å². The highest BCUT2D eigenvalue weighted by molar-refractivity contribution is 5.86. The molecule has 2 fully saturated rings. The predicted octanol–water partition coefficient (Wildman–Crippen LogP) is 3.10. The van der Waals surface area contributed by atoms with E-state index in [0.717, 1.165) is 0 Å². The van der Waals surface area contributed by atoms with Crippen molar-refractivity contribution in [1.82, 2.24) is 4.90 Å². The average molecular weight is 289 g/mol. The second-order valence-electron chi connectivity index (χ2n) is 5.98. The lowest BCUT2D eigenvalue weighted by Crippen LogP contribution is -2.49. The lowest BCUT2D eigenvalue weighted by Gasteiger charge is -2.44. The molecular weight excluding hydrogens is 266 g/mol. The van der Waals surface area contributed by atoms with Crippen molar-refractivity contribution in [3.63, 3.8) is 0 Å². The van der Waals surface area contributed by atoms with E-state index in [2.05, 4.69) is 4.90 Å². The summed E-state index contributed by atoms with van der Waals surface area (Å²) in [5.41, 5.74) is 0. The van der Waals surface area contributed by atoms with Crippen LogP contribution in [0.2, 0.25) is 0 Å². The Morgan fingerprint density at radius 2 is 2.24 bits per heavy atom. The van der Waals surface area contributed by atoms with E-state index >= 15 is 0 Å². The SMILES string of the molecule is O=C(/C=C/c1ccco1)OC[C@@H]1CCCN2CCCC[C@@H]12. The molecule has 0 unspecified atom stereocenters. The second kappa shape index (κ2) is 6.94. The average Bonchev–Trinajstić information content (AvgIpc) is 3.04. The number of piperidine rings is 2. The van der Waals surface area contributed by atoms with E-state index in [9.17, 15) is 4.79 Å². The fourth-order valence-electron chi connectivity index (χ4n) is 3.55. The molecule has 0 saturated carbocycles. The number of hydrogen-bond acceptors (Lipinski definition) is 4. The normalized spacial score (nSPS) is 26.7. The highest BCUT2D eigenvalue weighted by atomic mass is 16.5. The van der Waals surface area contributed by atoms with Crippen LogP contribution < -0.4 is 0 Å². The fourth-order valence-corrected chi connectivity index (χ4v) is 3.55. The van der Waals surface area contributed by atoms with Crippen LogP contribution in [0.5, 0.6) is 0 Å². The van der Waals surface area contributed by atoms with Gasteiger partial charge >= 0.3 is 5.97 Å². The number of nitrogens with zero attached hydrogens (tertiary/aromatic N) is 1. The van der Waals surface area contributed by atoms with E-state index in [0.29, 0.717) is 24.3 Å². The number of ether oxygens (including phenoxy) is 1. The van der Waals surface area contributed by atoms with Crippen LogP contribution in [0.4, 0.5) is 0 Å². The van der Waals surface area contributed by atoms with Crippen molar-refractivity contribution in [2.24, 2.45) is 5.92 Å². The van der Waals surface area contributed by atoms with E-state index in [1.165, 1.54) is 51.3 Å². The fraction of sp³-hybridized carbons (Fsp3) is 0.588. The van der Waals surface area contributed by atoms with Crippen molar-refractivity contribution in [2.75, 3.05) is 19.7 Å². The van der Waals surface area contributed by atoms with Gasteiger partial charge in [0.05, 0.1) is 12.9 Å². The van der Waals surface area contributed by atoms with Crippen LogP contribution in [0, 0.1) is 5.92 Å². The van der Waals surface area contributed by atoms with Gasteiger partial charge in [-0.15, -0.1) is 0 Å². The standard InChI is InChI=1S/C17H23NO3/c19-17(9-8-15-6-4-12-20-15)21-13-14-5-3-11-18-10-2-1-7-16(14)18/h4,6,8-9,12,14,16H,1-3,5,7,10-11,13H2/b9-8+/t14-,16-/m0/s1. The molecule has 0 aromatic carbocycles. The third kappa shape index (κ3) is 3.76. The van der Waals surface area contributed by atoms with Crippen LogP contribution >= 0.6 is 0 Å². The molecule has 21 heavy (non-hydrogen) atoms. The Morgan fingerprint density at radius 3 is 3.10 bits per heavy atom. The van der Waals surface area contributed by atoms with Crippen LogP contribution in [0.25, 0.3) is 6.08 Å². The minimum absolute atomic E-state index is 0.278. The molecule has 0 amide bonds. The van der Waals surface area contributed by atoms with E-state index in [1.54, 1.807) is 18.4 Å². The molecule has 1 aromatic rings. The minimum atomic E-state index is -0.278. The summed E-state index contributed by atoms with van der Waals surface area (Å²) in [4.78, 5) is 14.4. The van der Waals surface area contributed by atoms with Gasteiger partial charge in [-0.05, 0) is 57.0 Å². The first-order valence-corrected chi connectivity index (χ1v) is 7.95. The molecule has 3 rings (SSSR count). The molecule has 2 atom stereocenters. The molecule has 4 nitrogen and oxygen atoms in total. The Kier molecular flexibility index (Phi) is 4.76. The summed E-state index contributed by atoms with van der Waals surface area (Å²) in [5.74, 6) is 0.891. The van der Waals surface area contributed by atoms with Crippen molar-refractivity contribution in [3.8, 4) is 0 Å². The number of furan rings is 1. The van der Waals surface area contributed by atoms with Gasteiger partial charge in [-0.3, -0.25) is 4.90 Å². The Morgan fingerprint density at radius 1 is 1.33 bits per heavy atom. The Labute approximate surface area is 125 Å². The smallest absolute Gasteiger partial charge is 0.330 e. The zero-order valence-corrected chi connectivity index (χ0v) is 12.4. The maximum absolute atomic E-state index is 11.8. The van der Waals surface area contributed by atoms with E-state index in [-0.39, 0.29) is 5.97 Å². The zero-order chi connectivity index (χ0) is 14.5. The predicted molar refractivity (Wildman–Crippen MR) is 80.6 cm³/mol. The number of rotatable bonds is 4. The quantitative estimate of drug-likeness (QED) is 0.631. The van der Waals surface area contributed by atoms with Crippen LogP contribution in [0.3, 0.4) is 0 Å². The van der Waals surface area contributed by atoms with Crippen LogP contribution in [-0.4, -0.2) is 36.6 Å². The maximum atomic E-state index is 11.8. The molecular formula is C17H23NO3. The molecule has 0 N–H and O–H groups in total. The van der Waals surface area contributed by atoms with E-state index < -0.39 is 0 Å². The summed E-state index contributed by atoms with van der Waals surface area (Å²) in [6, 6.07) is 4.23. The second-order valence-corrected chi connectivity index (χ2v) is 5.98.